The SMILES string of the molecule is CC(C)(C)SCC(C)(C(=O)OCc1ccccc1)C(=O)OCc1ccccc1. The highest BCUT2D eigenvalue weighted by molar-refractivity contribution is 8.00. The van der Waals surface area contributed by atoms with Crippen molar-refractivity contribution >= 4 is 23.7 Å². The molecule has 0 atom stereocenters. The first-order chi connectivity index (χ1) is 13.2. The molecule has 0 aromatic heterocycles. The van der Waals surface area contributed by atoms with E-state index in [1.807, 2.05) is 81.4 Å². The summed E-state index contributed by atoms with van der Waals surface area (Å²) >= 11 is 1.54. The Morgan fingerprint density at radius 2 is 1.14 bits per heavy atom. The predicted molar refractivity (Wildman–Crippen MR) is 113 cm³/mol. The number of thioether (sulfide) groups is 1. The van der Waals surface area contributed by atoms with Crippen LogP contribution < -0.4 is 0 Å². The van der Waals surface area contributed by atoms with E-state index in [2.05, 4.69) is 0 Å². The Morgan fingerprint density at radius 1 is 0.750 bits per heavy atom. The van der Waals surface area contributed by atoms with E-state index in [0.29, 0.717) is 0 Å². The lowest BCUT2D eigenvalue weighted by molar-refractivity contribution is -0.171. The largest absolute Gasteiger partial charge is 0.460 e. The summed E-state index contributed by atoms with van der Waals surface area (Å²) in [7, 11) is 0. The van der Waals surface area contributed by atoms with Crippen LogP contribution in [0.5, 0.6) is 0 Å². The standard InChI is InChI=1S/C23H28O4S/c1-22(2,3)28-17-23(4,20(24)26-15-18-11-7-5-8-12-18)21(25)27-16-19-13-9-6-10-14-19/h5-14H,15-17H2,1-4H3. The second-order valence-corrected chi connectivity index (χ2v) is 9.66. The van der Waals surface area contributed by atoms with Gasteiger partial charge in [0.05, 0.1) is 0 Å². The molecule has 0 N–H and O–H groups in total. The minimum Gasteiger partial charge on any atom is -0.460 e. The molecule has 2 rings (SSSR count). The predicted octanol–water partition coefficient (Wildman–Crippen LogP) is 5.01. The molecule has 4 nitrogen and oxygen atoms in total. The molecule has 0 saturated carbocycles. The van der Waals surface area contributed by atoms with Gasteiger partial charge in [0.25, 0.3) is 0 Å². The Bertz CT molecular complexity index is 711. The van der Waals surface area contributed by atoms with E-state index in [1.165, 1.54) is 11.8 Å². The zero-order valence-electron chi connectivity index (χ0n) is 16.9. The van der Waals surface area contributed by atoms with Crippen molar-refractivity contribution in [3.05, 3.63) is 71.8 Å². The van der Waals surface area contributed by atoms with Crippen LogP contribution in [0.25, 0.3) is 0 Å². The Morgan fingerprint density at radius 3 is 1.50 bits per heavy atom. The van der Waals surface area contributed by atoms with E-state index in [-0.39, 0.29) is 23.7 Å². The third-order valence-electron chi connectivity index (χ3n) is 4.12. The molecule has 0 aliphatic rings. The number of esters is 2. The van der Waals surface area contributed by atoms with E-state index >= 15 is 0 Å². The van der Waals surface area contributed by atoms with Crippen LogP contribution in [0, 0.1) is 5.41 Å². The molecule has 0 amide bonds. The molecule has 0 aliphatic heterocycles. The first-order valence-corrected chi connectivity index (χ1v) is 10.3. The maximum Gasteiger partial charge on any atom is 0.324 e. The lowest BCUT2D eigenvalue weighted by atomic mass is 9.93. The molecule has 150 valence electrons. The average molecular weight is 401 g/mol. The van der Waals surface area contributed by atoms with Crippen molar-refractivity contribution in [3.8, 4) is 0 Å². The van der Waals surface area contributed by atoms with Crippen LogP contribution in [0.1, 0.15) is 38.8 Å². The maximum absolute atomic E-state index is 12.9. The second-order valence-electron chi connectivity index (χ2n) is 7.86. The Balaban J connectivity index is 2.08. The van der Waals surface area contributed by atoms with Gasteiger partial charge < -0.3 is 9.47 Å². The van der Waals surface area contributed by atoms with Gasteiger partial charge in [0, 0.05) is 10.5 Å². The normalized spacial score (nSPS) is 11.7. The number of carbonyl (C=O) groups is 2. The molecule has 0 saturated heterocycles. The average Bonchev–Trinajstić information content (AvgIpc) is 2.69. The van der Waals surface area contributed by atoms with Gasteiger partial charge in [0.15, 0.2) is 5.41 Å². The Kier molecular flexibility index (Phi) is 7.69. The molecule has 2 aromatic rings. The number of carbonyl (C=O) groups excluding carboxylic acids is 2. The fourth-order valence-corrected chi connectivity index (χ4v) is 3.28. The lowest BCUT2D eigenvalue weighted by Crippen LogP contribution is -2.42. The number of benzene rings is 2. The van der Waals surface area contributed by atoms with Gasteiger partial charge in [0.1, 0.15) is 13.2 Å². The summed E-state index contributed by atoms with van der Waals surface area (Å²) in [5.41, 5.74) is 0.375. The topological polar surface area (TPSA) is 52.6 Å². The van der Waals surface area contributed by atoms with E-state index in [1.54, 1.807) is 6.92 Å². The minimum absolute atomic E-state index is 0.0965. The van der Waals surface area contributed by atoms with Crippen LogP contribution in [0.3, 0.4) is 0 Å². The molecule has 5 heteroatoms. The second kappa shape index (κ2) is 9.78. The zero-order chi connectivity index (χ0) is 20.6. The highest BCUT2D eigenvalue weighted by atomic mass is 32.2. The molecular formula is C23H28O4S. The van der Waals surface area contributed by atoms with Crippen molar-refractivity contribution in [1.29, 1.82) is 0 Å². The molecule has 28 heavy (non-hydrogen) atoms. The van der Waals surface area contributed by atoms with Crippen LogP contribution in [-0.4, -0.2) is 22.4 Å². The first-order valence-electron chi connectivity index (χ1n) is 9.27. The van der Waals surface area contributed by atoms with Gasteiger partial charge in [-0.05, 0) is 18.1 Å². The third kappa shape index (κ3) is 6.71. The first kappa shape index (κ1) is 22.0. The van der Waals surface area contributed by atoms with Gasteiger partial charge >= 0.3 is 11.9 Å². The summed E-state index contributed by atoms with van der Waals surface area (Å²) in [5, 5.41) is 0. The van der Waals surface area contributed by atoms with Crippen LogP contribution in [0.4, 0.5) is 0 Å². The summed E-state index contributed by atoms with van der Waals surface area (Å²) < 4.78 is 10.9. The smallest absolute Gasteiger partial charge is 0.324 e. The molecule has 0 spiro atoms. The Hall–Kier alpha value is -2.27. The minimum atomic E-state index is -1.37. The quantitative estimate of drug-likeness (QED) is 0.460. The van der Waals surface area contributed by atoms with Crippen molar-refractivity contribution in [2.45, 2.75) is 45.7 Å². The van der Waals surface area contributed by atoms with Crippen molar-refractivity contribution < 1.29 is 19.1 Å². The van der Waals surface area contributed by atoms with Gasteiger partial charge in [-0.3, -0.25) is 9.59 Å². The van der Waals surface area contributed by atoms with Crippen LogP contribution in [0.15, 0.2) is 60.7 Å². The van der Waals surface area contributed by atoms with Crippen LogP contribution in [-0.2, 0) is 32.3 Å². The highest BCUT2D eigenvalue weighted by Crippen LogP contribution is 2.33. The molecule has 0 bridgehead atoms. The molecule has 0 unspecified atom stereocenters. The van der Waals surface area contributed by atoms with Crippen LogP contribution in [0.2, 0.25) is 0 Å². The van der Waals surface area contributed by atoms with E-state index < -0.39 is 17.4 Å². The van der Waals surface area contributed by atoms with Crippen molar-refractivity contribution in [2.75, 3.05) is 5.75 Å². The summed E-state index contributed by atoms with van der Waals surface area (Å²) in [4.78, 5) is 25.7. The highest BCUT2D eigenvalue weighted by Gasteiger charge is 2.45. The fraction of sp³-hybridized carbons (Fsp3) is 0.391. The van der Waals surface area contributed by atoms with Crippen molar-refractivity contribution in [3.63, 3.8) is 0 Å². The third-order valence-corrected chi connectivity index (χ3v) is 5.71. The molecule has 0 radical (unpaired) electrons. The van der Waals surface area contributed by atoms with Gasteiger partial charge in [0.2, 0.25) is 0 Å². The van der Waals surface area contributed by atoms with Crippen molar-refractivity contribution in [1.82, 2.24) is 0 Å². The zero-order valence-corrected chi connectivity index (χ0v) is 17.8. The molecule has 2 aromatic carbocycles. The summed E-state index contributed by atoms with van der Waals surface area (Å²) in [6, 6.07) is 18.8. The van der Waals surface area contributed by atoms with E-state index in [4.69, 9.17) is 9.47 Å². The summed E-state index contributed by atoms with van der Waals surface area (Å²) in [6.45, 7) is 7.99. The van der Waals surface area contributed by atoms with Gasteiger partial charge in [-0.15, -0.1) is 0 Å². The van der Waals surface area contributed by atoms with Gasteiger partial charge in [-0.2, -0.15) is 11.8 Å². The summed E-state index contributed by atoms with van der Waals surface area (Å²) in [6.07, 6.45) is 0. The summed E-state index contributed by atoms with van der Waals surface area (Å²) in [5.74, 6) is -0.838. The van der Waals surface area contributed by atoms with E-state index in [0.717, 1.165) is 11.1 Å². The molecule has 0 heterocycles. The maximum atomic E-state index is 12.9. The number of ether oxygens (including phenoxy) is 2. The molecular weight excluding hydrogens is 372 g/mol. The number of rotatable bonds is 8. The fourth-order valence-electron chi connectivity index (χ4n) is 2.33. The van der Waals surface area contributed by atoms with Crippen LogP contribution >= 0.6 is 11.8 Å². The van der Waals surface area contributed by atoms with Crippen molar-refractivity contribution in [2.24, 2.45) is 5.41 Å². The number of hydrogen-bond acceptors (Lipinski definition) is 5. The Labute approximate surface area is 171 Å². The van der Waals surface area contributed by atoms with E-state index in [9.17, 15) is 9.59 Å². The molecule has 0 aliphatic carbocycles. The number of hydrogen-bond donors (Lipinski definition) is 0. The lowest BCUT2D eigenvalue weighted by Gasteiger charge is -2.28. The monoisotopic (exact) mass is 400 g/mol. The van der Waals surface area contributed by atoms with Gasteiger partial charge in [-0.1, -0.05) is 81.4 Å². The molecule has 0 fully saturated rings. The van der Waals surface area contributed by atoms with Gasteiger partial charge in [-0.25, -0.2) is 0 Å².